The minimum absolute atomic E-state index is 0.185. The van der Waals surface area contributed by atoms with Crippen molar-refractivity contribution in [1.82, 2.24) is 5.32 Å². The number of ether oxygens (including phenoxy) is 2. The third kappa shape index (κ3) is 4.67. The minimum atomic E-state index is -0.633. The van der Waals surface area contributed by atoms with Crippen molar-refractivity contribution in [3.63, 3.8) is 0 Å². The Morgan fingerprint density at radius 3 is 2.37 bits per heavy atom. The van der Waals surface area contributed by atoms with Gasteiger partial charge in [-0.3, -0.25) is 0 Å². The lowest BCUT2D eigenvalue weighted by Gasteiger charge is -2.28. The molecule has 0 fully saturated rings. The number of benzene rings is 2. The summed E-state index contributed by atoms with van der Waals surface area (Å²) in [5, 5.41) is 16.2. The molecule has 1 atom stereocenters. The lowest BCUT2D eigenvalue weighted by molar-refractivity contribution is -0.139. The SMILES string of the molecule is CCOC(=O)C1=C(C)OC(NC(=S)Nc2ccccc2)=C(C#N)[C@@H]1c1ccccc1. The van der Waals surface area contributed by atoms with Crippen LogP contribution >= 0.6 is 12.2 Å². The summed E-state index contributed by atoms with van der Waals surface area (Å²) in [5.41, 5.74) is 2.11. The fraction of sp³-hybridized carbons (Fsp3) is 0.174. The highest BCUT2D eigenvalue weighted by atomic mass is 32.1. The molecule has 1 heterocycles. The molecule has 0 aliphatic carbocycles. The second kappa shape index (κ2) is 9.72. The smallest absolute Gasteiger partial charge is 0.338 e. The highest BCUT2D eigenvalue weighted by Gasteiger charge is 2.37. The van der Waals surface area contributed by atoms with Crippen LogP contribution in [0.4, 0.5) is 5.69 Å². The predicted molar refractivity (Wildman–Crippen MR) is 118 cm³/mol. The second-order valence-electron chi connectivity index (χ2n) is 6.44. The third-order valence-corrected chi connectivity index (χ3v) is 4.67. The summed E-state index contributed by atoms with van der Waals surface area (Å²) in [6.45, 7) is 3.63. The van der Waals surface area contributed by atoms with Crippen LogP contribution in [0.15, 0.2) is 83.5 Å². The number of anilines is 1. The summed E-state index contributed by atoms with van der Waals surface area (Å²) >= 11 is 5.38. The van der Waals surface area contributed by atoms with Gasteiger partial charge in [-0.2, -0.15) is 5.26 Å². The molecule has 2 N–H and O–H groups in total. The Bertz CT molecular complexity index is 1040. The molecule has 1 aliphatic rings. The van der Waals surface area contributed by atoms with Crippen LogP contribution in [-0.2, 0) is 14.3 Å². The monoisotopic (exact) mass is 419 g/mol. The van der Waals surface area contributed by atoms with Gasteiger partial charge < -0.3 is 20.1 Å². The zero-order valence-electron chi connectivity index (χ0n) is 16.6. The Labute approximate surface area is 180 Å². The van der Waals surface area contributed by atoms with Gasteiger partial charge in [-0.15, -0.1) is 0 Å². The summed E-state index contributed by atoms with van der Waals surface area (Å²) in [5.74, 6) is -0.608. The third-order valence-electron chi connectivity index (χ3n) is 4.46. The van der Waals surface area contributed by atoms with E-state index in [1.807, 2.05) is 60.7 Å². The number of nitrogens with zero attached hydrogens (tertiary/aromatic N) is 1. The molecule has 0 aromatic heterocycles. The van der Waals surface area contributed by atoms with E-state index >= 15 is 0 Å². The highest BCUT2D eigenvalue weighted by Crippen LogP contribution is 2.40. The van der Waals surface area contributed by atoms with E-state index in [9.17, 15) is 10.1 Å². The van der Waals surface area contributed by atoms with E-state index in [2.05, 4.69) is 16.7 Å². The Morgan fingerprint density at radius 1 is 1.13 bits per heavy atom. The first-order chi connectivity index (χ1) is 14.5. The van der Waals surface area contributed by atoms with Gasteiger partial charge in [0.05, 0.1) is 18.1 Å². The average molecular weight is 420 g/mol. The van der Waals surface area contributed by atoms with E-state index in [4.69, 9.17) is 21.7 Å². The van der Waals surface area contributed by atoms with Gasteiger partial charge in [0, 0.05) is 5.69 Å². The molecule has 6 nitrogen and oxygen atoms in total. The first-order valence-electron chi connectivity index (χ1n) is 9.43. The maximum atomic E-state index is 12.7. The number of allylic oxidation sites excluding steroid dienone is 2. The number of para-hydroxylation sites is 1. The van der Waals surface area contributed by atoms with Crippen molar-refractivity contribution in [2.24, 2.45) is 0 Å². The zero-order chi connectivity index (χ0) is 21.5. The van der Waals surface area contributed by atoms with Crippen molar-refractivity contribution in [3.8, 4) is 6.07 Å². The summed E-state index contributed by atoms with van der Waals surface area (Å²) in [7, 11) is 0. The highest BCUT2D eigenvalue weighted by molar-refractivity contribution is 7.80. The lowest BCUT2D eigenvalue weighted by Crippen LogP contribution is -2.33. The fourth-order valence-corrected chi connectivity index (χ4v) is 3.40. The number of carbonyl (C=O) groups excluding carboxylic acids is 1. The number of rotatable bonds is 5. The van der Waals surface area contributed by atoms with Crippen LogP contribution in [0.5, 0.6) is 0 Å². The van der Waals surface area contributed by atoms with Crippen LogP contribution in [0.25, 0.3) is 0 Å². The number of nitriles is 1. The van der Waals surface area contributed by atoms with Crippen molar-refractivity contribution in [2.75, 3.05) is 11.9 Å². The van der Waals surface area contributed by atoms with Crippen LogP contribution in [0, 0.1) is 11.3 Å². The molecule has 0 radical (unpaired) electrons. The number of esters is 1. The Morgan fingerprint density at radius 2 is 1.77 bits per heavy atom. The normalized spacial score (nSPS) is 15.7. The van der Waals surface area contributed by atoms with Gasteiger partial charge in [0.2, 0.25) is 5.88 Å². The first kappa shape index (κ1) is 21.1. The van der Waals surface area contributed by atoms with E-state index < -0.39 is 11.9 Å². The Hall–Kier alpha value is -3.63. The predicted octanol–water partition coefficient (Wildman–Crippen LogP) is 4.36. The number of hydrogen-bond acceptors (Lipinski definition) is 5. The second-order valence-corrected chi connectivity index (χ2v) is 6.84. The van der Waals surface area contributed by atoms with Crippen LogP contribution in [-0.4, -0.2) is 17.7 Å². The van der Waals surface area contributed by atoms with Gasteiger partial charge in [0.1, 0.15) is 17.4 Å². The maximum Gasteiger partial charge on any atom is 0.338 e. The molecule has 0 saturated carbocycles. The Kier molecular flexibility index (Phi) is 6.83. The molecule has 0 unspecified atom stereocenters. The number of hydrogen-bond donors (Lipinski definition) is 2. The largest absolute Gasteiger partial charge is 0.463 e. The molecule has 1 aliphatic heterocycles. The quantitative estimate of drug-likeness (QED) is 0.550. The molecule has 30 heavy (non-hydrogen) atoms. The van der Waals surface area contributed by atoms with Gasteiger partial charge in [-0.05, 0) is 43.8 Å². The van der Waals surface area contributed by atoms with Crippen molar-refractivity contribution >= 4 is 29.0 Å². The molecule has 2 aromatic carbocycles. The van der Waals surface area contributed by atoms with Gasteiger partial charge in [-0.25, -0.2) is 4.79 Å². The summed E-state index contributed by atoms with van der Waals surface area (Å²) in [4.78, 5) is 12.7. The van der Waals surface area contributed by atoms with Crippen molar-refractivity contribution in [2.45, 2.75) is 19.8 Å². The van der Waals surface area contributed by atoms with E-state index in [0.29, 0.717) is 11.3 Å². The standard InChI is InChI=1S/C23H21N3O3S/c1-3-28-22(27)19-15(2)29-21(26-23(30)25-17-12-8-5-9-13-17)18(14-24)20(19)16-10-6-4-7-11-16/h4-13,20H,3H2,1-2H3,(H2,25,26,30)/t20-/m0/s1. The topological polar surface area (TPSA) is 83.4 Å². The zero-order valence-corrected chi connectivity index (χ0v) is 17.5. The van der Waals surface area contributed by atoms with Crippen molar-refractivity contribution in [1.29, 1.82) is 5.26 Å². The first-order valence-corrected chi connectivity index (χ1v) is 9.84. The van der Waals surface area contributed by atoms with Crippen LogP contribution in [0.1, 0.15) is 25.3 Å². The molecule has 7 heteroatoms. The lowest BCUT2D eigenvalue weighted by atomic mass is 9.83. The van der Waals surface area contributed by atoms with Gasteiger partial charge in [0.15, 0.2) is 5.11 Å². The van der Waals surface area contributed by atoms with E-state index in [0.717, 1.165) is 11.3 Å². The molecule has 3 rings (SSSR count). The minimum Gasteiger partial charge on any atom is -0.463 e. The number of nitrogens with one attached hydrogen (secondary N) is 2. The van der Waals surface area contributed by atoms with Gasteiger partial charge in [-0.1, -0.05) is 48.5 Å². The van der Waals surface area contributed by atoms with Crippen molar-refractivity contribution < 1.29 is 14.3 Å². The van der Waals surface area contributed by atoms with E-state index in [1.54, 1.807) is 13.8 Å². The molecule has 0 spiro atoms. The van der Waals surface area contributed by atoms with Crippen LogP contribution in [0.2, 0.25) is 0 Å². The fourth-order valence-electron chi connectivity index (χ4n) is 3.19. The summed E-state index contributed by atoms with van der Waals surface area (Å²) in [6, 6.07) is 20.9. The van der Waals surface area contributed by atoms with Crippen molar-refractivity contribution in [3.05, 3.63) is 89.0 Å². The molecular weight excluding hydrogens is 398 g/mol. The molecule has 0 bridgehead atoms. The van der Waals surface area contributed by atoms with Crippen LogP contribution in [0.3, 0.4) is 0 Å². The van der Waals surface area contributed by atoms with E-state index in [-0.39, 0.29) is 23.2 Å². The summed E-state index contributed by atoms with van der Waals surface area (Å²) < 4.78 is 11.1. The van der Waals surface area contributed by atoms with Gasteiger partial charge >= 0.3 is 5.97 Å². The van der Waals surface area contributed by atoms with Gasteiger partial charge in [0.25, 0.3) is 0 Å². The maximum absolute atomic E-state index is 12.7. The molecule has 2 aromatic rings. The molecule has 0 amide bonds. The number of thiocarbonyl (C=S) groups is 1. The average Bonchev–Trinajstić information content (AvgIpc) is 2.74. The molecule has 152 valence electrons. The molecule has 0 saturated heterocycles. The van der Waals surface area contributed by atoms with E-state index in [1.165, 1.54) is 0 Å². The molecular formula is C23H21N3O3S. The van der Waals surface area contributed by atoms with Crippen LogP contribution < -0.4 is 10.6 Å². The Balaban J connectivity index is 1.97. The number of carbonyl (C=O) groups is 1. The summed E-state index contributed by atoms with van der Waals surface area (Å²) in [6.07, 6.45) is 0.